The van der Waals surface area contributed by atoms with Gasteiger partial charge in [0.05, 0.1) is 17.9 Å². The molecule has 10 heteroatoms. The van der Waals surface area contributed by atoms with E-state index in [4.69, 9.17) is 4.74 Å². The van der Waals surface area contributed by atoms with Gasteiger partial charge in [-0.2, -0.15) is 9.61 Å². The normalized spacial score (nSPS) is 11.5. The van der Waals surface area contributed by atoms with Gasteiger partial charge >= 0.3 is 11.7 Å². The maximum absolute atomic E-state index is 12.6. The van der Waals surface area contributed by atoms with Crippen LogP contribution < -0.4 is 11.0 Å². The van der Waals surface area contributed by atoms with E-state index in [9.17, 15) is 14.4 Å². The Morgan fingerprint density at radius 3 is 2.57 bits per heavy atom. The zero-order chi connectivity index (χ0) is 21.9. The Balaban J connectivity index is 1.80. The van der Waals surface area contributed by atoms with Gasteiger partial charge < -0.3 is 10.1 Å². The van der Waals surface area contributed by atoms with Gasteiger partial charge in [0.2, 0.25) is 5.91 Å². The van der Waals surface area contributed by atoms with Gasteiger partial charge in [0.15, 0.2) is 5.65 Å². The Labute approximate surface area is 177 Å². The number of ether oxygens (including phenoxy) is 1. The molecule has 0 atom stereocenters. The van der Waals surface area contributed by atoms with Crippen molar-refractivity contribution in [2.24, 2.45) is 0 Å². The molecule has 0 aliphatic carbocycles. The first-order chi connectivity index (χ1) is 14.2. The number of esters is 1. The van der Waals surface area contributed by atoms with Crippen LogP contribution in [-0.2, 0) is 16.1 Å². The lowest BCUT2D eigenvalue weighted by Crippen LogP contribution is -2.29. The molecule has 1 N–H and O–H groups in total. The van der Waals surface area contributed by atoms with Crippen LogP contribution in [0.15, 0.2) is 46.2 Å². The number of carbonyl (C=O) groups is 2. The minimum atomic E-state index is -0.536. The minimum Gasteiger partial charge on any atom is -0.462 e. The van der Waals surface area contributed by atoms with E-state index < -0.39 is 17.6 Å². The van der Waals surface area contributed by atoms with E-state index in [2.05, 4.69) is 15.5 Å². The maximum atomic E-state index is 12.6. The molecule has 9 nitrogen and oxygen atoms in total. The summed E-state index contributed by atoms with van der Waals surface area (Å²) in [4.78, 5) is 37.2. The van der Waals surface area contributed by atoms with Crippen LogP contribution in [0.1, 0.15) is 38.1 Å². The SMILES string of the molecule is CCOC(=O)c1ccccc1NC(=O)Cn1nc2ccc(SC(C)(C)C)nn2c1=O. The van der Waals surface area contributed by atoms with Crippen molar-refractivity contribution < 1.29 is 14.3 Å². The summed E-state index contributed by atoms with van der Waals surface area (Å²) in [6, 6.07) is 9.99. The number of aromatic nitrogens is 4. The van der Waals surface area contributed by atoms with Crippen LogP contribution in [0, 0.1) is 0 Å². The highest BCUT2D eigenvalue weighted by molar-refractivity contribution is 8.00. The zero-order valence-electron chi connectivity index (χ0n) is 17.2. The van der Waals surface area contributed by atoms with Crippen LogP contribution in [0.2, 0.25) is 0 Å². The van der Waals surface area contributed by atoms with Gasteiger partial charge in [-0.3, -0.25) is 4.79 Å². The molecule has 0 radical (unpaired) electrons. The number of amides is 1. The molecule has 0 saturated carbocycles. The average molecular weight is 430 g/mol. The highest BCUT2D eigenvalue weighted by atomic mass is 32.2. The predicted octanol–water partition coefficient (Wildman–Crippen LogP) is 2.60. The number of hydrogen-bond acceptors (Lipinski definition) is 7. The van der Waals surface area contributed by atoms with Crippen molar-refractivity contribution in [3.63, 3.8) is 0 Å². The van der Waals surface area contributed by atoms with Crippen LogP contribution in [0.4, 0.5) is 5.69 Å². The molecule has 3 rings (SSSR count). The summed E-state index contributed by atoms with van der Waals surface area (Å²) in [5.41, 5.74) is 0.369. The molecular weight excluding hydrogens is 406 g/mol. The third-order valence-corrected chi connectivity index (χ3v) is 4.86. The first kappa shape index (κ1) is 21.6. The first-order valence-corrected chi connectivity index (χ1v) is 10.2. The number of fused-ring (bicyclic) bond motifs is 1. The summed E-state index contributed by atoms with van der Waals surface area (Å²) < 4.78 is 7.15. The van der Waals surface area contributed by atoms with Crippen LogP contribution in [0.3, 0.4) is 0 Å². The Morgan fingerprint density at radius 2 is 1.87 bits per heavy atom. The largest absolute Gasteiger partial charge is 0.462 e. The lowest BCUT2D eigenvalue weighted by molar-refractivity contribution is -0.117. The summed E-state index contributed by atoms with van der Waals surface area (Å²) in [7, 11) is 0. The molecule has 0 spiro atoms. The second-order valence-corrected chi connectivity index (χ2v) is 9.26. The number of anilines is 1. The van der Waals surface area contributed by atoms with Crippen LogP contribution in [0.25, 0.3) is 5.65 Å². The molecule has 2 aromatic heterocycles. The van der Waals surface area contributed by atoms with Crippen molar-refractivity contribution in [2.75, 3.05) is 11.9 Å². The molecule has 30 heavy (non-hydrogen) atoms. The number of thioether (sulfide) groups is 1. The minimum absolute atomic E-state index is 0.0630. The molecule has 0 saturated heterocycles. The van der Waals surface area contributed by atoms with Gasteiger partial charge in [-0.1, -0.05) is 44.7 Å². The quantitative estimate of drug-likeness (QED) is 0.474. The van der Waals surface area contributed by atoms with E-state index in [1.807, 2.05) is 20.8 Å². The molecule has 2 heterocycles. The number of nitrogens with one attached hydrogen (secondary N) is 1. The molecule has 1 amide bonds. The lowest BCUT2D eigenvalue weighted by Gasteiger charge is -2.16. The first-order valence-electron chi connectivity index (χ1n) is 9.40. The van der Waals surface area contributed by atoms with E-state index in [0.29, 0.717) is 16.4 Å². The van der Waals surface area contributed by atoms with E-state index in [0.717, 1.165) is 4.68 Å². The van der Waals surface area contributed by atoms with E-state index >= 15 is 0 Å². The molecule has 158 valence electrons. The van der Waals surface area contributed by atoms with Gasteiger partial charge in [0, 0.05) is 4.75 Å². The Kier molecular flexibility index (Phi) is 6.25. The summed E-state index contributed by atoms with van der Waals surface area (Å²) in [6.45, 7) is 7.76. The second kappa shape index (κ2) is 8.70. The fraction of sp³-hybridized carbons (Fsp3) is 0.350. The van der Waals surface area contributed by atoms with Gasteiger partial charge in [-0.15, -0.1) is 5.10 Å². The van der Waals surface area contributed by atoms with Crippen molar-refractivity contribution in [1.29, 1.82) is 0 Å². The molecular formula is C20H23N5O4S. The van der Waals surface area contributed by atoms with Crippen molar-refractivity contribution in [3.05, 3.63) is 52.4 Å². The van der Waals surface area contributed by atoms with Crippen molar-refractivity contribution >= 4 is 35.0 Å². The maximum Gasteiger partial charge on any atom is 0.367 e. The number of carbonyl (C=O) groups excluding carboxylic acids is 2. The van der Waals surface area contributed by atoms with Crippen LogP contribution in [0.5, 0.6) is 0 Å². The van der Waals surface area contributed by atoms with Gasteiger partial charge in [0.1, 0.15) is 11.6 Å². The number of nitrogens with zero attached hydrogens (tertiary/aromatic N) is 4. The van der Waals surface area contributed by atoms with Crippen LogP contribution in [-0.4, -0.2) is 42.6 Å². The number of hydrogen-bond donors (Lipinski definition) is 1. The Bertz CT molecular complexity index is 1150. The molecule has 1 aromatic carbocycles. The molecule has 3 aromatic rings. The second-order valence-electron chi connectivity index (χ2n) is 7.41. The number of benzene rings is 1. The smallest absolute Gasteiger partial charge is 0.367 e. The molecule has 0 aliphatic heterocycles. The molecule has 0 fully saturated rings. The topological polar surface area (TPSA) is 108 Å². The summed E-state index contributed by atoms with van der Waals surface area (Å²) in [5, 5.41) is 11.8. The standard InChI is InChI=1S/C20H23N5O4S/c1-5-29-18(27)13-8-6-7-9-14(13)21-16(26)12-24-19(28)25-15(22-24)10-11-17(23-25)30-20(2,3)4/h6-11H,5,12H2,1-4H3,(H,21,26). The summed E-state index contributed by atoms with van der Waals surface area (Å²) >= 11 is 1.53. The van der Waals surface area contributed by atoms with Gasteiger partial charge in [-0.05, 0) is 31.2 Å². The summed E-state index contributed by atoms with van der Waals surface area (Å²) in [5.74, 6) is -1.03. The average Bonchev–Trinajstić information content (AvgIpc) is 2.96. The number of para-hydroxylation sites is 1. The Hall–Kier alpha value is -3.14. The van der Waals surface area contributed by atoms with Gasteiger partial charge in [-0.25, -0.2) is 14.3 Å². The fourth-order valence-corrected chi connectivity index (χ4v) is 3.55. The van der Waals surface area contributed by atoms with E-state index in [-0.39, 0.29) is 23.5 Å². The monoisotopic (exact) mass is 429 g/mol. The number of rotatable bonds is 6. The zero-order valence-corrected chi connectivity index (χ0v) is 18.0. The molecule has 0 unspecified atom stereocenters. The third-order valence-electron chi connectivity index (χ3n) is 3.82. The predicted molar refractivity (Wildman–Crippen MR) is 114 cm³/mol. The Morgan fingerprint density at radius 1 is 1.13 bits per heavy atom. The fourth-order valence-electron chi connectivity index (χ4n) is 2.67. The van der Waals surface area contributed by atoms with Crippen molar-refractivity contribution in [2.45, 2.75) is 44.0 Å². The molecule has 0 aliphatic rings. The highest BCUT2D eigenvalue weighted by Crippen LogP contribution is 2.29. The summed E-state index contributed by atoms with van der Waals surface area (Å²) in [6.07, 6.45) is 0. The third kappa shape index (κ3) is 5.07. The van der Waals surface area contributed by atoms with Crippen molar-refractivity contribution in [3.8, 4) is 0 Å². The van der Waals surface area contributed by atoms with Crippen LogP contribution >= 0.6 is 11.8 Å². The van der Waals surface area contributed by atoms with Crippen molar-refractivity contribution in [1.82, 2.24) is 19.4 Å². The van der Waals surface area contributed by atoms with Gasteiger partial charge in [0.25, 0.3) is 0 Å². The molecule has 0 bridgehead atoms. The highest BCUT2D eigenvalue weighted by Gasteiger charge is 2.18. The van der Waals surface area contributed by atoms with E-state index in [1.165, 1.54) is 16.3 Å². The lowest BCUT2D eigenvalue weighted by atomic mass is 10.2. The van der Waals surface area contributed by atoms with E-state index in [1.54, 1.807) is 43.3 Å².